The maximum atomic E-state index is 2.76. The van der Waals surface area contributed by atoms with Gasteiger partial charge in [0, 0.05) is 44.6 Å². The molecule has 3 unspecified atom stereocenters. The van der Waals surface area contributed by atoms with Gasteiger partial charge in [0.05, 0.1) is 22.4 Å². The Morgan fingerprint density at radius 3 is 1.57 bits per heavy atom. The van der Waals surface area contributed by atoms with E-state index in [2.05, 4.69) is 208 Å². The highest BCUT2D eigenvalue weighted by Gasteiger charge is 2.62. The molecule has 7 aliphatic rings. The number of hydrogen-bond donors (Lipinski definition) is 0. The van der Waals surface area contributed by atoms with Crippen LogP contribution in [-0.2, 0) is 23.7 Å². The Labute approximate surface area is 400 Å². The summed E-state index contributed by atoms with van der Waals surface area (Å²) in [6.07, 6.45) is 13.2. The number of benzene rings is 8. The van der Waals surface area contributed by atoms with Crippen LogP contribution in [0.5, 0.6) is 0 Å². The molecule has 0 amide bonds. The summed E-state index contributed by atoms with van der Waals surface area (Å²) in [5, 5.41) is 2.56. The zero-order valence-electron chi connectivity index (χ0n) is 38.8. The van der Waals surface area contributed by atoms with E-state index in [0.29, 0.717) is 11.8 Å². The van der Waals surface area contributed by atoms with Crippen LogP contribution in [0, 0.1) is 29.6 Å². The van der Waals surface area contributed by atoms with E-state index >= 15 is 0 Å². The van der Waals surface area contributed by atoms with Crippen LogP contribution in [0.2, 0.25) is 0 Å². The fraction of sp³-hybridized carbons (Fsp3) is 0.262. The third-order valence-corrected chi connectivity index (χ3v) is 18.4. The van der Waals surface area contributed by atoms with Crippen molar-refractivity contribution in [1.82, 2.24) is 4.57 Å². The molecule has 16 rings (SSSR count). The predicted molar refractivity (Wildman–Crippen MR) is 281 cm³/mol. The Morgan fingerprint density at radius 1 is 0.412 bits per heavy atom. The smallest absolute Gasteiger partial charge is 0.0561 e. The van der Waals surface area contributed by atoms with Crippen molar-refractivity contribution in [3.8, 4) is 5.69 Å². The third-order valence-electron chi connectivity index (χ3n) is 18.4. The largest absolute Gasteiger partial charge is 0.310 e. The van der Waals surface area contributed by atoms with E-state index in [1.165, 1.54) is 119 Å². The maximum Gasteiger partial charge on any atom is 0.0561 e. The molecule has 0 aliphatic heterocycles. The van der Waals surface area contributed by atoms with Gasteiger partial charge in [0.25, 0.3) is 0 Å². The Hall–Kier alpha value is -6.84. The highest BCUT2D eigenvalue weighted by atomic mass is 15.2. The van der Waals surface area contributed by atoms with E-state index in [1.54, 1.807) is 22.3 Å². The van der Waals surface area contributed by atoms with Crippen LogP contribution in [0.15, 0.2) is 194 Å². The second-order valence-corrected chi connectivity index (χ2v) is 21.8. The van der Waals surface area contributed by atoms with Gasteiger partial charge < -0.3 is 14.4 Å². The summed E-state index contributed by atoms with van der Waals surface area (Å²) in [4.78, 5) is 5.38. The van der Waals surface area contributed by atoms with Crippen molar-refractivity contribution in [2.75, 3.05) is 9.80 Å². The van der Waals surface area contributed by atoms with Crippen molar-refractivity contribution < 1.29 is 0 Å². The first-order chi connectivity index (χ1) is 33.6. The third kappa shape index (κ3) is 5.53. The number of para-hydroxylation sites is 5. The molecule has 332 valence electrons. The van der Waals surface area contributed by atoms with Gasteiger partial charge in [0.15, 0.2) is 0 Å². The molecule has 3 nitrogen and oxygen atoms in total. The van der Waals surface area contributed by atoms with E-state index in [-0.39, 0.29) is 10.8 Å². The SMILES string of the molecule is c1ccc(N(c2ccc3c4ccccc4n(-c4ccccc4)c3c2)c2cccc3c2C24c5c(cccc5N(c5ccccc5)c5ccccc5C56CC7CC(CC(C7)C5)C6)CC2CCC4C3)cc1. The highest BCUT2D eigenvalue weighted by molar-refractivity contribution is 6.10. The van der Waals surface area contributed by atoms with Gasteiger partial charge in [0.2, 0.25) is 0 Å². The lowest BCUT2D eigenvalue weighted by Crippen LogP contribution is -2.49. The molecule has 0 radical (unpaired) electrons. The average molecular weight is 880 g/mol. The molecule has 4 bridgehead atoms. The summed E-state index contributed by atoms with van der Waals surface area (Å²) in [6, 6.07) is 74.2. The van der Waals surface area contributed by atoms with Crippen molar-refractivity contribution in [2.24, 2.45) is 29.6 Å². The second kappa shape index (κ2) is 14.8. The lowest BCUT2D eigenvalue weighted by molar-refractivity contribution is -0.00491. The van der Waals surface area contributed by atoms with Crippen molar-refractivity contribution >= 4 is 55.9 Å². The molecule has 1 heterocycles. The molecule has 5 fully saturated rings. The minimum Gasteiger partial charge on any atom is -0.310 e. The summed E-state index contributed by atoms with van der Waals surface area (Å²) < 4.78 is 2.47. The molecule has 9 aromatic rings. The summed E-state index contributed by atoms with van der Waals surface area (Å²) in [7, 11) is 0. The normalized spacial score (nSPS) is 25.9. The fourth-order valence-corrected chi connectivity index (χ4v) is 16.5. The van der Waals surface area contributed by atoms with Crippen LogP contribution in [0.4, 0.5) is 34.1 Å². The number of nitrogens with zero attached hydrogens (tertiary/aromatic N) is 3. The Kier molecular flexibility index (Phi) is 8.54. The minimum absolute atomic E-state index is 0.128. The molecule has 68 heavy (non-hydrogen) atoms. The van der Waals surface area contributed by atoms with Gasteiger partial charge in [-0.2, -0.15) is 0 Å². The van der Waals surface area contributed by atoms with Gasteiger partial charge in [-0.3, -0.25) is 0 Å². The molecule has 0 N–H and O–H groups in total. The van der Waals surface area contributed by atoms with Gasteiger partial charge >= 0.3 is 0 Å². The van der Waals surface area contributed by atoms with E-state index in [9.17, 15) is 0 Å². The zero-order valence-corrected chi connectivity index (χ0v) is 38.8. The van der Waals surface area contributed by atoms with Gasteiger partial charge in [-0.05, 0) is 200 Å². The van der Waals surface area contributed by atoms with Crippen molar-refractivity contribution in [3.05, 3.63) is 222 Å². The van der Waals surface area contributed by atoms with Gasteiger partial charge in [-0.25, -0.2) is 0 Å². The first-order valence-corrected chi connectivity index (χ1v) is 25.8. The molecule has 1 aromatic heterocycles. The molecular formula is C65H57N3. The minimum atomic E-state index is -0.128. The first kappa shape index (κ1) is 39.2. The van der Waals surface area contributed by atoms with Gasteiger partial charge in [-0.15, -0.1) is 0 Å². The Bertz CT molecular complexity index is 3380. The lowest BCUT2D eigenvalue weighted by atomic mass is 9.48. The first-order valence-electron chi connectivity index (χ1n) is 25.8. The van der Waals surface area contributed by atoms with Gasteiger partial charge in [0.1, 0.15) is 0 Å². The highest BCUT2D eigenvalue weighted by Crippen LogP contribution is 2.69. The molecule has 5 saturated carbocycles. The van der Waals surface area contributed by atoms with Crippen LogP contribution in [0.25, 0.3) is 27.5 Å². The van der Waals surface area contributed by atoms with E-state index < -0.39 is 0 Å². The lowest BCUT2D eigenvalue weighted by Gasteiger charge is -2.57. The van der Waals surface area contributed by atoms with Crippen LogP contribution < -0.4 is 9.80 Å². The molecular weight excluding hydrogens is 823 g/mol. The summed E-state index contributed by atoms with van der Waals surface area (Å²) in [5.74, 6) is 3.69. The fourth-order valence-electron chi connectivity index (χ4n) is 16.5. The summed E-state index contributed by atoms with van der Waals surface area (Å²) >= 11 is 0. The molecule has 7 aliphatic carbocycles. The Balaban J connectivity index is 0.960. The predicted octanol–water partition coefficient (Wildman–Crippen LogP) is 16.6. The van der Waals surface area contributed by atoms with Crippen LogP contribution in [0.1, 0.15) is 79.2 Å². The van der Waals surface area contributed by atoms with E-state index in [1.807, 2.05) is 0 Å². The average Bonchev–Trinajstić information content (AvgIpc) is 4.10. The number of aromatic nitrogens is 1. The maximum absolute atomic E-state index is 2.76. The monoisotopic (exact) mass is 879 g/mol. The quantitative estimate of drug-likeness (QED) is 0.151. The molecule has 0 saturated heterocycles. The summed E-state index contributed by atoms with van der Waals surface area (Å²) in [6.45, 7) is 0. The number of fused-ring (bicyclic) bond motifs is 5. The summed E-state index contributed by atoms with van der Waals surface area (Å²) in [5.41, 5.74) is 19.4. The number of hydrogen-bond acceptors (Lipinski definition) is 2. The molecule has 3 heteroatoms. The topological polar surface area (TPSA) is 11.4 Å². The van der Waals surface area contributed by atoms with Crippen LogP contribution in [0.3, 0.4) is 0 Å². The standard InChI is InChI=1S/C65H57N3/c1-4-18-50(19-5-1)66(53-32-33-55-54-24-10-12-26-57(54)67(61(55)39-53)51-20-6-2-7-21-51)59-28-14-16-46-37-48-30-31-49-38-47-17-15-29-60(63(47)65(48,49)62(46)59)68(52-22-8-3-9-23-52)58-27-13-11-25-56(58)64-40-43-34-44(41-64)36-45(35-43)42-64/h1-29,32-33,39,43-45,48-49H,30-31,34-38,40-42H2. The van der Waals surface area contributed by atoms with Crippen LogP contribution in [-0.4, -0.2) is 4.57 Å². The van der Waals surface area contributed by atoms with Crippen LogP contribution >= 0.6 is 0 Å². The number of rotatable bonds is 8. The number of anilines is 6. The Morgan fingerprint density at radius 2 is 0.926 bits per heavy atom. The van der Waals surface area contributed by atoms with Crippen molar-refractivity contribution in [3.63, 3.8) is 0 Å². The van der Waals surface area contributed by atoms with Crippen molar-refractivity contribution in [2.45, 2.75) is 75.0 Å². The molecule has 8 aromatic carbocycles. The van der Waals surface area contributed by atoms with E-state index in [4.69, 9.17) is 0 Å². The molecule has 1 spiro atoms. The second-order valence-electron chi connectivity index (χ2n) is 21.8. The van der Waals surface area contributed by atoms with E-state index in [0.717, 1.165) is 30.6 Å². The van der Waals surface area contributed by atoms with Gasteiger partial charge in [-0.1, -0.05) is 121 Å². The molecule has 3 atom stereocenters. The zero-order chi connectivity index (χ0) is 44.6. The van der Waals surface area contributed by atoms with Crippen molar-refractivity contribution in [1.29, 1.82) is 0 Å².